The third kappa shape index (κ3) is 9.24. The van der Waals surface area contributed by atoms with Crippen LogP contribution in [0, 0.1) is 0 Å². The quantitative estimate of drug-likeness (QED) is 0.118. The standard InChI is InChI=1S/C38H36Cl2N2O5/c39-32-21-41-33(38(40)42-32)35-37(46-25-30-19-11-4-12-20-30)36(45-24-29-17-9-3-10-18-29)34(44-23-28-15-7-2-8-16-28)31(47-35)26-43-22-27-13-5-1-6-14-27/h1-21,31,34-37H,22-26H2/t31-,34-,35+,36+,37+/m1/s1. The Morgan fingerprint density at radius 3 is 1.49 bits per heavy atom. The second-order valence-electron chi connectivity index (χ2n) is 11.2. The third-order valence-corrected chi connectivity index (χ3v) is 8.34. The van der Waals surface area contributed by atoms with Crippen LogP contribution in [-0.2, 0) is 50.1 Å². The van der Waals surface area contributed by atoms with Crippen molar-refractivity contribution in [3.05, 3.63) is 166 Å². The van der Waals surface area contributed by atoms with Gasteiger partial charge in [-0.05, 0) is 22.3 Å². The zero-order chi connectivity index (χ0) is 32.3. The molecular weight excluding hydrogens is 635 g/mol. The average molecular weight is 672 g/mol. The number of aromatic nitrogens is 2. The van der Waals surface area contributed by atoms with E-state index in [0.29, 0.717) is 32.1 Å². The smallest absolute Gasteiger partial charge is 0.155 e. The molecule has 5 aromatic rings. The Morgan fingerprint density at radius 2 is 1.00 bits per heavy atom. The normalized spacial score (nSPS) is 21.0. The molecule has 0 spiro atoms. The lowest BCUT2D eigenvalue weighted by Gasteiger charge is -2.46. The molecule has 1 aliphatic rings. The second kappa shape index (κ2) is 16.9. The van der Waals surface area contributed by atoms with Crippen molar-refractivity contribution in [2.45, 2.75) is 56.9 Å². The van der Waals surface area contributed by atoms with Gasteiger partial charge in [0, 0.05) is 0 Å². The Bertz CT molecular complexity index is 1650. The van der Waals surface area contributed by atoms with Gasteiger partial charge in [0.25, 0.3) is 0 Å². The fraction of sp³-hybridized carbons (Fsp3) is 0.263. The molecule has 2 heterocycles. The Morgan fingerprint density at radius 1 is 0.553 bits per heavy atom. The summed E-state index contributed by atoms with van der Waals surface area (Å²) in [6.45, 7) is 1.59. The highest BCUT2D eigenvalue weighted by molar-refractivity contribution is 6.32. The molecule has 1 saturated heterocycles. The zero-order valence-corrected chi connectivity index (χ0v) is 27.3. The molecule has 0 unspecified atom stereocenters. The highest BCUT2D eigenvalue weighted by Gasteiger charge is 2.50. The summed E-state index contributed by atoms with van der Waals surface area (Å²) < 4.78 is 33.3. The molecule has 242 valence electrons. The molecule has 0 aliphatic carbocycles. The first kappa shape index (κ1) is 33.2. The first-order valence-electron chi connectivity index (χ1n) is 15.6. The van der Waals surface area contributed by atoms with Crippen LogP contribution in [0.3, 0.4) is 0 Å². The van der Waals surface area contributed by atoms with Crippen LogP contribution in [0.25, 0.3) is 0 Å². The lowest BCUT2D eigenvalue weighted by atomic mass is 9.92. The first-order valence-corrected chi connectivity index (χ1v) is 16.3. The average Bonchev–Trinajstić information content (AvgIpc) is 3.11. The van der Waals surface area contributed by atoms with Crippen LogP contribution in [0.2, 0.25) is 10.3 Å². The van der Waals surface area contributed by atoms with Crippen molar-refractivity contribution in [1.82, 2.24) is 9.97 Å². The SMILES string of the molecule is Clc1cnc([C@@H]2O[C@H](COCc3ccccc3)[C@@H](OCc3ccccc3)[C@H](OCc3ccccc3)[C@H]2OCc2ccccc2)c(Cl)n1. The van der Waals surface area contributed by atoms with E-state index >= 15 is 0 Å². The van der Waals surface area contributed by atoms with Gasteiger partial charge in [0.1, 0.15) is 41.4 Å². The van der Waals surface area contributed by atoms with E-state index in [9.17, 15) is 0 Å². The van der Waals surface area contributed by atoms with E-state index in [0.717, 1.165) is 22.3 Å². The zero-order valence-electron chi connectivity index (χ0n) is 25.7. The van der Waals surface area contributed by atoms with E-state index in [4.69, 9.17) is 46.9 Å². The minimum absolute atomic E-state index is 0.130. The summed E-state index contributed by atoms with van der Waals surface area (Å²) in [6, 6.07) is 40.0. The van der Waals surface area contributed by atoms with Crippen LogP contribution in [0.15, 0.2) is 128 Å². The van der Waals surface area contributed by atoms with Gasteiger partial charge in [0.2, 0.25) is 0 Å². The lowest BCUT2D eigenvalue weighted by Crippen LogP contribution is -2.58. The molecule has 47 heavy (non-hydrogen) atoms. The highest BCUT2D eigenvalue weighted by atomic mass is 35.5. The molecule has 5 atom stereocenters. The molecule has 0 amide bonds. The van der Waals surface area contributed by atoms with Crippen LogP contribution in [0.1, 0.15) is 34.1 Å². The Hall–Kier alpha value is -3.66. The van der Waals surface area contributed by atoms with Crippen molar-refractivity contribution in [3.8, 4) is 0 Å². The molecule has 0 N–H and O–H groups in total. The topological polar surface area (TPSA) is 71.9 Å². The van der Waals surface area contributed by atoms with Crippen molar-refractivity contribution in [3.63, 3.8) is 0 Å². The number of hydrogen-bond donors (Lipinski definition) is 0. The molecular formula is C38H36Cl2N2O5. The van der Waals surface area contributed by atoms with Gasteiger partial charge in [0.05, 0.1) is 39.2 Å². The summed E-state index contributed by atoms with van der Waals surface area (Å²) in [5, 5.41) is 0.310. The maximum atomic E-state index is 6.83. The number of ether oxygens (including phenoxy) is 5. The number of benzene rings is 4. The molecule has 6 rings (SSSR count). The Labute approximate surface area is 285 Å². The highest BCUT2D eigenvalue weighted by Crippen LogP contribution is 2.40. The fourth-order valence-corrected chi connectivity index (χ4v) is 5.98. The van der Waals surface area contributed by atoms with Gasteiger partial charge < -0.3 is 23.7 Å². The van der Waals surface area contributed by atoms with E-state index in [1.807, 2.05) is 121 Å². The minimum atomic E-state index is -0.765. The van der Waals surface area contributed by atoms with E-state index in [1.54, 1.807) is 0 Å². The van der Waals surface area contributed by atoms with E-state index in [-0.39, 0.29) is 16.9 Å². The van der Waals surface area contributed by atoms with Crippen LogP contribution >= 0.6 is 23.2 Å². The molecule has 1 fully saturated rings. The molecule has 0 bridgehead atoms. The molecule has 7 nitrogen and oxygen atoms in total. The van der Waals surface area contributed by atoms with Gasteiger partial charge in [-0.25, -0.2) is 4.98 Å². The second-order valence-corrected chi connectivity index (χ2v) is 12.0. The minimum Gasteiger partial charge on any atom is -0.374 e. The van der Waals surface area contributed by atoms with Crippen molar-refractivity contribution in [2.24, 2.45) is 0 Å². The number of rotatable bonds is 14. The van der Waals surface area contributed by atoms with E-state index in [1.165, 1.54) is 6.20 Å². The Balaban J connectivity index is 1.36. The van der Waals surface area contributed by atoms with Crippen LogP contribution in [0.4, 0.5) is 0 Å². The molecule has 1 aromatic heterocycles. The number of hydrogen-bond acceptors (Lipinski definition) is 7. The van der Waals surface area contributed by atoms with Gasteiger partial charge in [-0.2, -0.15) is 0 Å². The first-order chi connectivity index (χ1) is 23.1. The maximum absolute atomic E-state index is 6.83. The summed E-state index contributed by atoms with van der Waals surface area (Å²) in [5.74, 6) is 0. The molecule has 9 heteroatoms. The summed E-state index contributed by atoms with van der Waals surface area (Å²) in [5.41, 5.74) is 4.48. The molecule has 1 aliphatic heterocycles. The third-order valence-electron chi connectivity index (χ3n) is 7.88. The van der Waals surface area contributed by atoms with E-state index < -0.39 is 30.5 Å². The maximum Gasteiger partial charge on any atom is 0.155 e. The largest absolute Gasteiger partial charge is 0.374 e. The van der Waals surface area contributed by atoms with Gasteiger partial charge >= 0.3 is 0 Å². The molecule has 0 saturated carbocycles. The molecule has 4 aromatic carbocycles. The summed E-state index contributed by atoms with van der Waals surface area (Å²) in [4.78, 5) is 8.84. The van der Waals surface area contributed by atoms with Crippen LogP contribution in [-0.4, -0.2) is 41.0 Å². The predicted octanol–water partition coefficient (Wildman–Crippen LogP) is 8.20. The van der Waals surface area contributed by atoms with Gasteiger partial charge in [-0.1, -0.05) is 145 Å². The predicted molar refractivity (Wildman–Crippen MR) is 181 cm³/mol. The molecule has 0 radical (unpaired) electrons. The van der Waals surface area contributed by atoms with Crippen LogP contribution in [0.5, 0.6) is 0 Å². The Kier molecular flexibility index (Phi) is 12.0. The fourth-order valence-electron chi connectivity index (χ4n) is 5.56. The van der Waals surface area contributed by atoms with Crippen molar-refractivity contribution < 1.29 is 23.7 Å². The van der Waals surface area contributed by atoms with Crippen LogP contribution < -0.4 is 0 Å². The van der Waals surface area contributed by atoms with E-state index in [2.05, 4.69) is 9.97 Å². The van der Waals surface area contributed by atoms with Crippen molar-refractivity contribution >= 4 is 23.2 Å². The van der Waals surface area contributed by atoms with Gasteiger partial charge in [-0.3, -0.25) is 4.98 Å². The van der Waals surface area contributed by atoms with Gasteiger partial charge in [-0.15, -0.1) is 0 Å². The monoisotopic (exact) mass is 670 g/mol. The number of halogens is 2. The van der Waals surface area contributed by atoms with Crippen molar-refractivity contribution in [1.29, 1.82) is 0 Å². The summed E-state index contributed by atoms with van der Waals surface area (Å²) in [7, 11) is 0. The lowest BCUT2D eigenvalue weighted by molar-refractivity contribution is -0.275. The summed E-state index contributed by atoms with van der Waals surface area (Å²) in [6.07, 6.45) is -1.75. The van der Waals surface area contributed by atoms with Crippen molar-refractivity contribution in [2.75, 3.05) is 6.61 Å². The number of nitrogens with zero attached hydrogens (tertiary/aromatic N) is 2. The summed E-state index contributed by atoms with van der Waals surface area (Å²) >= 11 is 12.8. The van der Waals surface area contributed by atoms with Gasteiger partial charge in [0.15, 0.2) is 5.15 Å².